The molecule has 0 bridgehead atoms. The zero-order valence-electron chi connectivity index (χ0n) is 12.1. The van der Waals surface area contributed by atoms with Crippen LogP contribution in [-0.4, -0.2) is 22.4 Å². The van der Waals surface area contributed by atoms with Gasteiger partial charge < -0.3 is 14.7 Å². The van der Waals surface area contributed by atoms with Crippen molar-refractivity contribution in [1.29, 1.82) is 0 Å². The van der Waals surface area contributed by atoms with Crippen LogP contribution in [0.15, 0.2) is 40.0 Å². The second-order valence-corrected chi connectivity index (χ2v) is 5.70. The van der Waals surface area contributed by atoms with E-state index >= 15 is 0 Å². The fourth-order valence-electron chi connectivity index (χ4n) is 2.18. The van der Waals surface area contributed by atoms with Gasteiger partial charge in [0, 0.05) is 23.1 Å². The van der Waals surface area contributed by atoms with Crippen molar-refractivity contribution in [2.24, 2.45) is 5.16 Å². The molecular weight excluding hydrogens is 306 g/mol. The van der Waals surface area contributed by atoms with Crippen molar-refractivity contribution in [3.63, 3.8) is 0 Å². The van der Waals surface area contributed by atoms with Gasteiger partial charge in [-0.3, -0.25) is 4.79 Å². The van der Waals surface area contributed by atoms with Crippen LogP contribution in [-0.2, 0) is 9.63 Å². The number of hydrogen-bond acceptors (Lipinski definition) is 5. The molecule has 3 rings (SSSR count). The van der Waals surface area contributed by atoms with Gasteiger partial charge in [0.2, 0.25) is 5.60 Å². The molecule has 0 fully saturated rings. The average Bonchev–Trinajstić information content (AvgIpc) is 3.07. The first-order chi connectivity index (χ1) is 10.5. The Bertz CT molecular complexity index is 756. The summed E-state index contributed by atoms with van der Waals surface area (Å²) in [5, 5.41) is 11.0. The summed E-state index contributed by atoms with van der Waals surface area (Å²) in [4.78, 5) is 17.7. The van der Waals surface area contributed by atoms with Crippen molar-refractivity contribution in [2.75, 3.05) is 5.32 Å². The predicted octanol–water partition coefficient (Wildman–Crippen LogP) is 3.16. The van der Waals surface area contributed by atoms with Crippen molar-refractivity contribution in [3.05, 3.63) is 46.7 Å². The number of aryl methyl sites for hydroxylation is 1. The molecule has 1 aliphatic heterocycles. The number of hydrogen-bond donors (Lipinski definition) is 1. The smallest absolute Gasteiger partial charge is 0.272 e. The maximum absolute atomic E-state index is 12.4. The van der Waals surface area contributed by atoms with E-state index in [1.54, 1.807) is 26.0 Å². The van der Waals surface area contributed by atoms with Crippen molar-refractivity contribution in [3.8, 4) is 0 Å². The van der Waals surface area contributed by atoms with Crippen LogP contribution in [0.5, 0.6) is 0 Å². The number of benzene rings is 1. The number of carbonyl (C=O) groups is 1. The van der Waals surface area contributed by atoms with Crippen LogP contribution in [0.1, 0.15) is 24.7 Å². The lowest BCUT2D eigenvalue weighted by molar-refractivity contribution is -0.136. The summed E-state index contributed by atoms with van der Waals surface area (Å²) in [5.74, 6) is 0.617. The largest absolute Gasteiger partial charge is 0.379 e. The van der Waals surface area contributed by atoms with E-state index in [0.29, 0.717) is 28.7 Å². The summed E-state index contributed by atoms with van der Waals surface area (Å²) in [5.41, 5.74) is 0.291. The fraction of sp³-hybridized carbons (Fsp3) is 0.267. The average molecular weight is 320 g/mol. The predicted molar refractivity (Wildman–Crippen MR) is 82.0 cm³/mol. The Balaban J connectivity index is 1.74. The van der Waals surface area contributed by atoms with Crippen molar-refractivity contribution in [1.82, 2.24) is 5.16 Å². The van der Waals surface area contributed by atoms with E-state index < -0.39 is 5.60 Å². The molecule has 22 heavy (non-hydrogen) atoms. The third kappa shape index (κ3) is 2.69. The van der Waals surface area contributed by atoms with Crippen LogP contribution in [0.25, 0.3) is 0 Å². The minimum atomic E-state index is -1.11. The highest BCUT2D eigenvalue weighted by molar-refractivity contribution is 6.34. The second kappa shape index (κ2) is 5.46. The lowest BCUT2D eigenvalue weighted by Crippen LogP contribution is -2.40. The van der Waals surface area contributed by atoms with Gasteiger partial charge in [0.25, 0.3) is 5.91 Å². The molecule has 1 N–H and O–H groups in total. The Morgan fingerprint density at radius 2 is 2.18 bits per heavy atom. The number of halogens is 1. The first-order valence-corrected chi connectivity index (χ1v) is 7.10. The first kappa shape index (κ1) is 14.6. The Morgan fingerprint density at radius 1 is 1.41 bits per heavy atom. The lowest BCUT2D eigenvalue weighted by atomic mass is 9.95. The minimum Gasteiger partial charge on any atom is -0.379 e. The number of amides is 1. The summed E-state index contributed by atoms with van der Waals surface area (Å²) in [7, 11) is 0. The van der Waals surface area contributed by atoms with Crippen LogP contribution in [0, 0.1) is 6.92 Å². The normalized spacial score (nSPS) is 20.4. The third-order valence-corrected chi connectivity index (χ3v) is 3.73. The van der Waals surface area contributed by atoms with Gasteiger partial charge >= 0.3 is 0 Å². The van der Waals surface area contributed by atoms with Crippen LogP contribution in [0.3, 0.4) is 0 Å². The Hall–Kier alpha value is -2.34. The molecule has 0 saturated carbocycles. The van der Waals surface area contributed by atoms with Gasteiger partial charge in [0.05, 0.1) is 5.71 Å². The highest BCUT2D eigenvalue weighted by Crippen LogP contribution is 2.30. The van der Waals surface area contributed by atoms with Crippen molar-refractivity contribution in [2.45, 2.75) is 25.9 Å². The molecule has 0 radical (unpaired) electrons. The van der Waals surface area contributed by atoms with Gasteiger partial charge in [-0.05, 0) is 19.9 Å². The molecule has 7 heteroatoms. The van der Waals surface area contributed by atoms with Crippen LogP contribution >= 0.6 is 11.6 Å². The SMILES string of the molecule is Cc1cc(NC(=O)C2(C)CC(c3ccccc3Cl)=NO2)no1. The minimum absolute atomic E-state index is 0.319. The van der Waals surface area contributed by atoms with E-state index in [9.17, 15) is 4.79 Å². The summed E-state index contributed by atoms with van der Waals surface area (Å²) < 4.78 is 4.92. The van der Waals surface area contributed by atoms with E-state index in [0.717, 1.165) is 5.56 Å². The molecule has 2 heterocycles. The monoisotopic (exact) mass is 319 g/mol. The highest BCUT2D eigenvalue weighted by Gasteiger charge is 2.42. The van der Waals surface area contributed by atoms with Gasteiger partial charge in [-0.15, -0.1) is 0 Å². The number of anilines is 1. The maximum Gasteiger partial charge on any atom is 0.272 e. The van der Waals surface area contributed by atoms with Gasteiger partial charge in [0.15, 0.2) is 5.82 Å². The van der Waals surface area contributed by atoms with Crippen molar-refractivity contribution < 1.29 is 14.2 Å². The van der Waals surface area contributed by atoms with E-state index in [-0.39, 0.29) is 5.91 Å². The molecule has 1 amide bonds. The molecular formula is C15H14ClN3O3. The molecule has 1 aliphatic rings. The number of nitrogens with zero attached hydrogens (tertiary/aromatic N) is 2. The molecule has 0 aliphatic carbocycles. The maximum atomic E-state index is 12.4. The Kier molecular flexibility index (Phi) is 3.62. The molecule has 2 aromatic rings. The summed E-state index contributed by atoms with van der Waals surface area (Å²) in [6.07, 6.45) is 0.319. The molecule has 1 aromatic carbocycles. The quantitative estimate of drug-likeness (QED) is 0.942. The number of rotatable bonds is 3. The van der Waals surface area contributed by atoms with E-state index in [4.69, 9.17) is 21.0 Å². The summed E-state index contributed by atoms with van der Waals surface area (Å²) in [6, 6.07) is 8.94. The third-order valence-electron chi connectivity index (χ3n) is 3.40. The number of oxime groups is 1. The Labute approximate surface area is 132 Å². The van der Waals surface area contributed by atoms with Gasteiger partial charge in [-0.2, -0.15) is 0 Å². The summed E-state index contributed by atoms with van der Waals surface area (Å²) in [6.45, 7) is 3.41. The Morgan fingerprint density at radius 3 is 2.86 bits per heavy atom. The standard InChI is InChI=1S/C15H14ClN3O3/c1-9-7-13(19-21-9)17-14(20)15(2)8-12(18-22-15)10-5-3-4-6-11(10)16/h3-7H,8H2,1-2H3,(H,17,19,20). The van der Waals surface area contributed by atoms with E-state index in [2.05, 4.69) is 15.6 Å². The zero-order chi connectivity index (χ0) is 15.7. The molecule has 0 saturated heterocycles. The summed E-state index contributed by atoms with van der Waals surface area (Å²) >= 11 is 6.15. The van der Waals surface area contributed by atoms with Crippen LogP contribution in [0.2, 0.25) is 5.02 Å². The van der Waals surface area contributed by atoms with Gasteiger partial charge in [-0.25, -0.2) is 0 Å². The molecule has 6 nitrogen and oxygen atoms in total. The second-order valence-electron chi connectivity index (χ2n) is 5.29. The fourth-order valence-corrected chi connectivity index (χ4v) is 2.42. The topological polar surface area (TPSA) is 76.7 Å². The molecule has 1 aromatic heterocycles. The molecule has 1 unspecified atom stereocenters. The molecule has 0 spiro atoms. The number of carbonyl (C=O) groups excluding carboxylic acids is 1. The molecule has 114 valence electrons. The highest BCUT2D eigenvalue weighted by atomic mass is 35.5. The molecule has 1 atom stereocenters. The van der Waals surface area contributed by atoms with E-state index in [1.807, 2.05) is 18.2 Å². The van der Waals surface area contributed by atoms with Crippen molar-refractivity contribution >= 4 is 29.0 Å². The van der Waals surface area contributed by atoms with E-state index in [1.165, 1.54) is 0 Å². The van der Waals surface area contributed by atoms with Crippen LogP contribution < -0.4 is 5.32 Å². The number of aromatic nitrogens is 1. The lowest BCUT2D eigenvalue weighted by Gasteiger charge is -2.19. The zero-order valence-corrected chi connectivity index (χ0v) is 12.8. The number of nitrogens with one attached hydrogen (secondary N) is 1. The first-order valence-electron chi connectivity index (χ1n) is 6.73. The van der Waals surface area contributed by atoms with Crippen LogP contribution in [0.4, 0.5) is 5.82 Å². The van der Waals surface area contributed by atoms with Gasteiger partial charge in [-0.1, -0.05) is 40.1 Å². The van der Waals surface area contributed by atoms with Gasteiger partial charge in [0.1, 0.15) is 5.76 Å².